The molecule has 2 heterocycles. The van der Waals surface area contributed by atoms with E-state index in [0.717, 1.165) is 16.4 Å². The van der Waals surface area contributed by atoms with Crippen LogP contribution in [0.1, 0.15) is 25.8 Å². The average molecular weight is 424 g/mol. The fraction of sp³-hybridized carbons (Fsp3) is 0.348. The zero-order valence-electron chi connectivity index (χ0n) is 17.4. The van der Waals surface area contributed by atoms with Crippen molar-refractivity contribution in [1.29, 1.82) is 0 Å². The van der Waals surface area contributed by atoms with Gasteiger partial charge in [0.25, 0.3) is 5.91 Å². The van der Waals surface area contributed by atoms with Crippen LogP contribution >= 0.6 is 11.8 Å². The Hall–Kier alpha value is -2.80. The lowest BCUT2D eigenvalue weighted by atomic mass is 10.1. The number of nitrogens with zero attached hydrogens (tertiary/aromatic N) is 3. The highest BCUT2D eigenvalue weighted by Gasteiger charge is 2.34. The number of benzene rings is 2. The smallest absolute Gasteiger partial charge is 0.267 e. The van der Waals surface area contributed by atoms with Gasteiger partial charge in [-0.05, 0) is 43.7 Å². The van der Waals surface area contributed by atoms with Crippen molar-refractivity contribution in [2.75, 3.05) is 18.0 Å². The third-order valence-corrected chi connectivity index (χ3v) is 6.20. The predicted octanol–water partition coefficient (Wildman–Crippen LogP) is 4.15. The van der Waals surface area contributed by atoms with E-state index in [0.29, 0.717) is 24.5 Å². The quantitative estimate of drug-likeness (QED) is 0.741. The molecule has 30 heavy (non-hydrogen) atoms. The molecule has 0 aliphatic carbocycles. The van der Waals surface area contributed by atoms with E-state index < -0.39 is 6.10 Å². The van der Waals surface area contributed by atoms with Gasteiger partial charge in [-0.15, -0.1) is 0 Å². The molecule has 7 heteroatoms. The highest BCUT2D eigenvalue weighted by atomic mass is 32.2. The second-order valence-corrected chi connectivity index (χ2v) is 9.04. The van der Waals surface area contributed by atoms with E-state index in [-0.39, 0.29) is 23.5 Å². The Morgan fingerprint density at radius 2 is 2.00 bits per heavy atom. The van der Waals surface area contributed by atoms with Gasteiger partial charge in [0.1, 0.15) is 5.75 Å². The Bertz CT molecular complexity index is 1010. The maximum atomic E-state index is 13.1. The van der Waals surface area contributed by atoms with Crippen LogP contribution in [0, 0.1) is 6.92 Å². The molecule has 1 fully saturated rings. The summed E-state index contributed by atoms with van der Waals surface area (Å²) in [6.45, 7) is 6.79. The van der Waals surface area contributed by atoms with Crippen LogP contribution in [0.15, 0.2) is 53.5 Å². The van der Waals surface area contributed by atoms with Gasteiger partial charge in [-0.25, -0.2) is 4.99 Å². The summed E-state index contributed by atoms with van der Waals surface area (Å²) in [6, 6.07) is 15.4. The van der Waals surface area contributed by atoms with Gasteiger partial charge in [0.2, 0.25) is 5.91 Å². The SMILES string of the molecule is Cc1cccc(N=C2SC(C)CN2C(=O)CCN2C(=O)C(C)Oc3ccccc32)c1. The average Bonchev–Trinajstić information content (AvgIpc) is 3.08. The van der Waals surface area contributed by atoms with Crippen molar-refractivity contribution in [1.82, 2.24) is 4.90 Å². The fourth-order valence-electron chi connectivity index (χ4n) is 3.65. The van der Waals surface area contributed by atoms with Crippen molar-refractivity contribution in [2.45, 2.75) is 38.5 Å². The van der Waals surface area contributed by atoms with Crippen molar-refractivity contribution < 1.29 is 14.3 Å². The van der Waals surface area contributed by atoms with E-state index in [4.69, 9.17) is 9.73 Å². The first kappa shape index (κ1) is 20.5. The summed E-state index contributed by atoms with van der Waals surface area (Å²) < 4.78 is 5.68. The normalized spacial score (nSPS) is 22.2. The van der Waals surface area contributed by atoms with Crippen LogP contribution in [0.2, 0.25) is 0 Å². The molecule has 2 amide bonds. The van der Waals surface area contributed by atoms with E-state index in [1.165, 1.54) is 0 Å². The Labute approximate surface area is 180 Å². The van der Waals surface area contributed by atoms with Crippen molar-refractivity contribution in [3.63, 3.8) is 0 Å². The van der Waals surface area contributed by atoms with Crippen LogP contribution in [0.5, 0.6) is 5.75 Å². The number of ether oxygens (including phenoxy) is 1. The van der Waals surface area contributed by atoms with E-state index in [2.05, 4.69) is 6.92 Å². The molecule has 0 saturated carbocycles. The molecular formula is C23H25N3O3S. The maximum absolute atomic E-state index is 13.1. The summed E-state index contributed by atoms with van der Waals surface area (Å²) in [6.07, 6.45) is -0.330. The number of aliphatic imine (C=N–C) groups is 1. The standard InChI is InChI=1S/C23H25N3O3S/c1-15-7-6-8-18(13-15)24-23-26(14-16(2)30-23)21(27)11-12-25-19-9-4-5-10-20(19)29-17(3)22(25)28/h4-10,13,16-17H,11-12,14H2,1-3H3. The Morgan fingerprint density at radius 1 is 1.20 bits per heavy atom. The largest absolute Gasteiger partial charge is 0.479 e. The highest BCUT2D eigenvalue weighted by Crippen LogP contribution is 2.34. The number of hydrogen-bond donors (Lipinski definition) is 0. The van der Waals surface area contributed by atoms with Crippen LogP contribution in [-0.4, -0.2) is 46.3 Å². The van der Waals surface area contributed by atoms with Gasteiger partial charge in [-0.2, -0.15) is 0 Å². The van der Waals surface area contributed by atoms with Crippen molar-refractivity contribution in [2.24, 2.45) is 4.99 Å². The number of amidine groups is 1. The molecule has 2 aliphatic rings. The molecule has 2 aromatic rings. The summed E-state index contributed by atoms with van der Waals surface area (Å²) in [5.74, 6) is 0.520. The van der Waals surface area contributed by atoms with Crippen LogP contribution in [0.4, 0.5) is 11.4 Å². The van der Waals surface area contributed by atoms with Gasteiger partial charge < -0.3 is 9.64 Å². The minimum atomic E-state index is -0.559. The molecule has 2 aromatic carbocycles. The van der Waals surface area contributed by atoms with Gasteiger partial charge >= 0.3 is 0 Å². The monoisotopic (exact) mass is 423 g/mol. The zero-order valence-corrected chi connectivity index (χ0v) is 18.2. The minimum absolute atomic E-state index is 0.0253. The molecule has 0 radical (unpaired) electrons. The van der Waals surface area contributed by atoms with Crippen LogP contribution in [0.3, 0.4) is 0 Å². The first-order valence-corrected chi connectivity index (χ1v) is 11.0. The van der Waals surface area contributed by atoms with Crippen LogP contribution in [0.25, 0.3) is 0 Å². The van der Waals surface area contributed by atoms with E-state index >= 15 is 0 Å². The summed E-state index contributed by atoms with van der Waals surface area (Å²) >= 11 is 1.61. The second kappa shape index (κ2) is 8.52. The number of aryl methyl sites for hydroxylation is 1. The molecule has 156 valence electrons. The molecule has 4 rings (SSSR count). The maximum Gasteiger partial charge on any atom is 0.267 e. The number of thioether (sulfide) groups is 1. The lowest BCUT2D eigenvalue weighted by molar-refractivity contribution is -0.127. The van der Waals surface area contributed by atoms with Gasteiger partial charge in [0.15, 0.2) is 11.3 Å². The highest BCUT2D eigenvalue weighted by molar-refractivity contribution is 8.14. The predicted molar refractivity (Wildman–Crippen MR) is 121 cm³/mol. The number of para-hydroxylation sites is 2. The molecule has 0 N–H and O–H groups in total. The molecule has 0 spiro atoms. The van der Waals surface area contributed by atoms with Crippen molar-refractivity contribution in [3.8, 4) is 5.75 Å². The van der Waals surface area contributed by atoms with Crippen molar-refractivity contribution in [3.05, 3.63) is 54.1 Å². The first-order valence-electron chi connectivity index (χ1n) is 10.1. The third kappa shape index (κ3) is 4.21. The number of amides is 2. The Balaban J connectivity index is 1.50. The second-order valence-electron chi connectivity index (χ2n) is 7.63. The first-order chi connectivity index (χ1) is 14.4. The van der Waals surface area contributed by atoms with Crippen molar-refractivity contribution >= 4 is 40.1 Å². The van der Waals surface area contributed by atoms with Gasteiger partial charge in [-0.3, -0.25) is 14.5 Å². The molecule has 6 nitrogen and oxygen atoms in total. The summed E-state index contributed by atoms with van der Waals surface area (Å²) in [5, 5.41) is 1.00. The topological polar surface area (TPSA) is 62.2 Å². The molecule has 1 saturated heterocycles. The Morgan fingerprint density at radius 3 is 2.80 bits per heavy atom. The van der Waals surface area contributed by atoms with Crippen LogP contribution < -0.4 is 9.64 Å². The number of fused-ring (bicyclic) bond motifs is 1. The zero-order chi connectivity index (χ0) is 21.3. The number of anilines is 1. The minimum Gasteiger partial charge on any atom is -0.479 e. The van der Waals surface area contributed by atoms with Crippen LogP contribution in [-0.2, 0) is 9.59 Å². The molecule has 2 unspecified atom stereocenters. The van der Waals surface area contributed by atoms with E-state index in [1.807, 2.05) is 55.5 Å². The molecule has 2 aliphatic heterocycles. The van der Waals surface area contributed by atoms with E-state index in [1.54, 1.807) is 28.5 Å². The lowest BCUT2D eigenvalue weighted by Gasteiger charge is -2.33. The van der Waals surface area contributed by atoms with Gasteiger partial charge in [0.05, 0.1) is 11.4 Å². The van der Waals surface area contributed by atoms with E-state index in [9.17, 15) is 9.59 Å². The number of carbonyl (C=O) groups is 2. The summed E-state index contributed by atoms with van der Waals surface area (Å²) in [7, 11) is 0. The molecule has 2 atom stereocenters. The summed E-state index contributed by atoms with van der Waals surface area (Å²) in [5.41, 5.74) is 2.69. The lowest BCUT2D eigenvalue weighted by Crippen LogP contribution is -2.46. The third-order valence-electron chi connectivity index (χ3n) is 5.13. The fourth-order valence-corrected chi connectivity index (χ4v) is 4.70. The molecular weight excluding hydrogens is 398 g/mol. The number of carbonyl (C=O) groups excluding carboxylic acids is 2. The molecule has 0 bridgehead atoms. The molecule has 0 aromatic heterocycles. The van der Waals surface area contributed by atoms with Gasteiger partial charge in [0, 0.05) is 24.8 Å². The Kier molecular flexibility index (Phi) is 5.81. The number of hydrogen-bond acceptors (Lipinski definition) is 5. The summed E-state index contributed by atoms with van der Waals surface area (Å²) in [4.78, 5) is 33.8. The van der Waals surface area contributed by atoms with Gasteiger partial charge in [-0.1, -0.05) is 43.0 Å². The number of rotatable bonds is 4.